The number of carbonyl (C=O) groups excluding carboxylic acids is 3. The molecule has 1 aromatic carbocycles. The number of hydrogen-bond donors (Lipinski definition) is 2. The predicted octanol–water partition coefficient (Wildman–Crippen LogP) is 5.83. The van der Waals surface area contributed by atoms with E-state index in [0.717, 1.165) is 29.5 Å². The van der Waals surface area contributed by atoms with E-state index in [2.05, 4.69) is 17.6 Å². The molecule has 0 heterocycles. The molecule has 0 aliphatic carbocycles. The Labute approximate surface area is 218 Å². The summed E-state index contributed by atoms with van der Waals surface area (Å²) >= 11 is 0. The van der Waals surface area contributed by atoms with Crippen LogP contribution in [0.15, 0.2) is 18.2 Å². The van der Waals surface area contributed by atoms with Crippen LogP contribution >= 0.6 is 0 Å². The lowest BCUT2D eigenvalue weighted by atomic mass is 9.89. The minimum atomic E-state index is -0.842. The average molecular weight is 504 g/mol. The molecule has 36 heavy (non-hydrogen) atoms. The Balaban J connectivity index is 3.62. The molecule has 2 atom stereocenters. The van der Waals surface area contributed by atoms with Crippen molar-refractivity contribution in [3.63, 3.8) is 0 Å². The third-order valence-electron chi connectivity index (χ3n) is 5.81. The van der Waals surface area contributed by atoms with Gasteiger partial charge in [0.2, 0.25) is 11.8 Å². The summed E-state index contributed by atoms with van der Waals surface area (Å²) in [5.41, 5.74) is 1.29. The Bertz CT molecular complexity index is 877. The Morgan fingerprint density at radius 2 is 1.56 bits per heavy atom. The van der Waals surface area contributed by atoms with Crippen LogP contribution in [0.5, 0.6) is 0 Å². The normalized spacial score (nSPS) is 13.7. The van der Waals surface area contributed by atoms with E-state index in [1.54, 1.807) is 25.7 Å². The van der Waals surface area contributed by atoms with E-state index >= 15 is 0 Å². The van der Waals surface area contributed by atoms with Crippen LogP contribution in [0.1, 0.15) is 104 Å². The number of benzene rings is 1. The number of rotatable bonds is 10. The molecule has 204 valence electrons. The minimum absolute atomic E-state index is 0.132. The van der Waals surface area contributed by atoms with Crippen molar-refractivity contribution < 1.29 is 19.1 Å². The van der Waals surface area contributed by atoms with Gasteiger partial charge in [-0.15, -0.1) is 0 Å². The highest BCUT2D eigenvalue weighted by Gasteiger charge is 2.42. The molecule has 0 aliphatic heterocycles. The molecule has 0 saturated heterocycles. The molecule has 0 fully saturated rings. The highest BCUT2D eigenvalue weighted by Crippen LogP contribution is 2.34. The third kappa shape index (κ3) is 9.47. The van der Waals surface area contributed by atoms with E-state index in [1.807, 2.05) is 66.7 Å². The number of ether oxygens (including phenoxy) is 1. The Morgan fingerprint density at radius 3 is 2.00 bits per heavy atom. The summed E-state index contributed by atoms with van der Waals surface area (Å²) in [6.45, 7) is 21.6. The van der Waals surface area contributed by atoms with Gasteiger partial charge in [-0.1, -0.05) is 45.4 Å². The predicted molar refractivity (Wildman–Crippen MR) is 146 cm³/mol. The zero-order chi connectivity index (χ0) is 27.8. The van der Waals surface area contributed by atoms with Crippen molar-refractivity contribution in [2.45, 2.75) is 119 Å². The lowest BCUT2D eigenvalue weighted by Crippen LogP contribution is -2.59. The lowest BCUT2D eigenvalue weighted by Gasteiger charge is -2.44. The van der Waals surface area contributed by atoms with E-state index in [-0.39, 0.29) is 17.7 Å². The van der Waals surface area contributed by atoms with Crippen LogP contribution in [0, 0.1) is 19.8 Å². The van der Waals surface area contributed by atoms with Crippen LogP contribution in [-0.2, 0) is 14.3 Å². The van der Waals surface area contributed by atoms with Gasteiger partial charge in [-0.2, -0.15) is 0 Å². The van der Waals surface area contributed by atoms with Gasteiger partial charge in [-0.3, -0.25) is 9.59 Å². The summed E-state index contributed by atoms with van der Waals surface area (Å²) in [7, 11) is 0. The fourth-order valence-corrected chi connectivity index (χ4v) is 4.28. The molecule has 0 spiro atoms. The van der Waals surface area contributed by atoms with Crippen molar-refractivity contribution >= 4 is 17.9 Å². The number of carbonyl (C=O) groups is 3. The summed E-state index contributed by atoms with van der Waals surface area (Å²) in [6, 6.07) is 4.20. The molecule has 0 saturated carbocycles. The molecule has 7 heteroatoms. The van der Waals surface area contributed by atoms with Gasteiger partial charge >= 0.3 is 6.09 Å². The number of nitrogens with zero attached hydrogens (tertiary/aromatic N) is 1. The first kappa shape index (κ1) is 31.5. The van der Waals surface area contributed by atoms with Crippen LogP contribution in [0.3, 0.4) is 0 Å². The summed E-state index contributed by atoms with van der Waals surface area (Å²) in [5, 5.41) is 5.85. The largest absolute Gasteiger partial charge is 0.444 e. The Morgan fingerprint density at radius 1 is 1.00 bits per heavy atom. The van der Waals surface area contributed by atoms with E-state index in [0.29, 0.717) is 13.0 Å². The molecule has 0 aromatic heterocycles. The fourth-order valence-electron chi connectivity index (χ4n) is 4.28. The van der Waals surface area contributed by atoms with E-state index in [9.17, 15) is 14.4 Å². The fraction of sp³-hybridized carbons (Fsp3) is 0.690. The second-order valence-electron chi connectivity index (χ2n) is 12.1. The van der Waals surface area contributed by atoms with Crippen molar-refractivity contribution in [2.75, 3.05) is 6.54 Å². The summed E-state index contributed by atoms with van der Waals surface area (Å²) < 4.78 is 5.46. The van der Waals surface area contributed by atoms with Crippen LogP contribution in [0.4, 0.5) is 4.79 Å². The number of unbranched alkanes of at least 4 members (excludes halogenated alkanes) is 1. The van der Waals surface area contributed by atoms with Crippen molar-refractivity contribution in [3.8, 4) is 0 Å². The Hall–Kier alpha value is -2.57. The van der Waals surface area contributed by atoms with Gasteiger partial charge in [0.25, 0.3) is 0 Å². The van der Waals surface area contributed by atoms with Gasteiger partial charge in [0.05, 0.1) is 0 Å². The maximum Gasteiger partial charge on any atom is 0.408 e. The topological polar surface area (TPSA) is 87.7 Å². The Kier molecular flexibility index (Phi) is 11.5. The van der Waals surface area contributed by atoms with Crippen molar-refractivity contribution in [2.24, 2.45) is 5.92 Å². The standard InChI is InChI=1S/C29H49N3O4/c1-12-13-17-30-25(33)24(23-20(4)15-14-16-21(23)5)32(28(6,7)8)26(34)22(18-19(2)3)31-27(35)36-29(9,10)11/h14-16,19,22,24H,12-13,17-18H2,1-11H3,(H,30,33)(H,31,35). The molecular formula is C29H49N3O4. The average Bonchev–Trinajstić information content (AvgIpc) is 2.69. The maximum atomic E-state index is 14.3. The summed E-state index contributed by atoms with van der Waals surface area (Å²) in [6.07, 6.45) is 1.57. The molecule has 0 aliphatic rings. The molecule has 0 bridgehead atoms. The smallest absolute Gasteiger partial charge is 0.408 e. The molecule has 2 unspecified atom stereocenters. The molecular weight excluding hydrogens is 454 g/mol. The van der Waals surface area contributed by atoms with Crippen LogP contribution in [0.25, 0.3) is 0 Å². The second kappa shape index (κ2) is 13.1. The number of nitrogens with one attached hydrogen (secondary N) is 2. The minimum Gasteiger partial charge on any atom is -0.444 e. The number of hydrogen-bond acceptors (Lipinski definition) is 4. The van der Waals surface area contributed by atoms with Crippen molar-refractivity contribution in [1.82, 2.24) is 15.5 Å². The van der Waals surface area contributed by atoms with Gasteiger partial charge in [0.15, 0.2) is 0 Å². The third-order valence-corrected chi connectivity index (χ3v) is 5.81. The van der Waals surface area contributed by atoms with Gasteiger partial charge in [-0.25, -0.2) is 4.79 Å². The number of alkyl carbamates (subject to hydrolysis) is 1. The van der Waals surface area contributed by atoms with Gasteiger partial charge < -0.3 is 20.3 Å². The van der Waals surface area contributed by atoms with Gasteiger partial charge in [0, 0.05) is 12.1 Å². The second-order valence-corrected chi connectivity index (χ2v) is 12.1. The molecule has 3 amide bonds. The van der Waals surface area contributed by atoms with E-state index < -0.39 is 29.3 Å². The van der Waals surface area contributed by atoms with Crippen LogP contribution in [-0.4, -0.2) is 46.5 Å². The molecule has 1 aromatic rings. The van der Waals surface area contributed by atoms with Crippen LogP contribution < -0.4 is 10.6 Å². The molecule has 1 rings (SSSR count). The van der Waals surface area contributed by atoms with Crippen molar-refractivity contribution in [3.05, 3.63) is 34.9 Å². The quantitative estimate of drug-likeness (QED) is 0.393. The first-order valence-electron chi connectivity index (χ1n) is 13.2. The SMILES string of the molecule is CCCCNC(=O)C(c1c(C)cccc1C)N(C(=O)C(CC(C)C)NC(=O)OC(C)(C)C)C(C)(C)C. The van der Waals surface area contributed by atoms with Crippen LogP contribution in [0.2, 0.25) is 0 Å². The van der Waals surface area contributed by atoms with Gasteiger partial charge in [-0.05, 0) is 90.8 Å². The zero-order valence-electron chi connectivity index (χ0n) is 24.4. The molecule has 7 nitrogen and oxygen atoms in total. The van der Waals surface area contributed by atoms with E-state index in [1.165, 1.54) is 0 Å². The maximum absolute atomic E-state index is 14.3. The monoisotopic (exact) mass is 503 g/mol. The van der Waals surface area contributed by atoms with Crippen molar-refractivity contribution in [1.29, 1.82) is 0 Å². The highest BCUT2D eigenvalue weighted by molar-refractivity contribution is 5.93. The lowest BCUT2D eigenvalue weighted by molar-refractivity contribution is -0.148. The number of aryl methyl sites for hydroxylation is 2. The first-order valence-corrected chi connectivity index (χ1v) is 13.2. The highest BCUT2D eigenvalue weighted by atomic mass is 16.6. The first-order chi connectivity index (χ1) is 16.5. The number of amides is 3. The molecule has 2 N–H and O–H groups in total. The van der Waals surface area contributed by atoms with E-state index in [4.69, 9.17) is 4.74 Å². The van der Waals surface area contributed by atoms with Gasteiger partial charge in [0.1, 0.15) is 17.7 Å². The summed E-state index contributed by atoms with van der Waals surface area (Å²) in [4.78, 5) is 42.4. The summed E-state index contributed by atoms with van der Waals surface area (Å²) in [5.74, 6) is -0.391. The zero-order valence-corrected chi connectivity index (χ0v) is 24.4. The molecule has 0 radical (unpaired) electrons.